The van der Waals surface area contributed by atoms with Crippen LogP contribution in [0, 0.1) is 0 Å². The molecule has 0 radical (unpaired) electrons. The molecule has 0 aliphatic heterocycles. The number of aromatic nitrogens is 1. The Morgan fingerprint density at radius 1 is 0.769 bits per heavy atom. The predicted molar refractivity (Wildman–Crippen MR) is 90.7 cm³/mol. The smallest absolute Gasteiger partial charge is 0.355 e. The Balaban J connectivity index is 2.13. The Bertz CT molecular complexity index is 947. The van der Waals surface area contributed by atoms with Gasteiger partial charge >= 0.3 is 15.6 Å². The van der Waals surface area contributed by atoms with E-state index in [4.69, 9.17) is 0 Å². The molecule has 0 N–H and O–H groups in total. The minimum Gasteiger partial charge on any atom is -0.355 e. The van der Waals surface area contributed by atoms with Crippen LogP contribution < -0.4 is 4.18 Å². The van der Waals surface area contributed by atoms with Crippen molar-refractivity contribution < 1.29 is 25.8 Å². The molecule has 1 heterocycles. The molecule has 8 heteroatoms. The zero-order valence-electron chi connectivity index (χ0n) is 13.1. The van der Waals surface area contributed by atoms with Crippen molar-refractivity contribution in [2.24, 2.45) is 0 Å². The van der Waals surface area contributed by atoms with Gasteiger partial charge in [0.15, 0.2) is 0 Å². The minimum atomic E-state index is -5.81. The fourth-order valence-electron chi connectivity index (χ4n) is 2.26. The molecule has 0 aliphatic rings. The second-order valence-electron chi connectivity index (χ2n) is 5.29. The normalized spacial score (nSPS) is 12.0. The Hall–Kier alpha value is -2.87. The van der Waals surface area contributed by atoms with Gasteiger partial charge in [-0.15, -0.1) is 0 Å². The largest absolute Gasteiger partial charge is 0.534 e. The number of nitrogens with zero attached hydrogens (tertiary/aromatic N) is 1. The molecular weight excluding hydrogens is 367 g/mol. The van der Waals surface area contributed by atoms with Crippen LogP contribution in [0.1, 0.15) is 0 Å². The summed E-state index contributed by atoms with van der Waals surface area (Å²) in [5, 5.41) is 0. The maximum absolute atomic E-state index is 12.6. The monoisotopic (exact) mass is 379 g/mol. The van der Waals surface area contributed by atoms with Gasteiger partial charge in [-0.05, 0) is 17.2 Å². The van der Waals surface area contributed by atoms with Crippen LogP contribution in [0.3, 0.4) is 0 Å². The predicted octanol–water partition coefficient (Wildman–Crippen LogP) is 4.64. The lowest BCUT2D eigenvalue weighted by molar-refractivity contribution is -0.0501. The highest BCUT2D eigenvalue weighted by molar-refractivity contribution is 7.87. The number of pyridine rings is 1. The van der Waals surface area contributed by atoms with Gasteiger partial charge in [-0.1, -0.05) is 60.7 Å². The average Bonchev–Trinajstić information content (AvgIpc) is 2.61. The highest BCUT2D eigenvalue weighted by atomic mass is 32.2. The lowest BCUT2D eigenvalue weighted by Crippen LogP contribution is -2.28. The van der Waals surface area contributed by atoms with Crippen molar-refractivity contribution in [3.63, 3.8) is 0 Å². The van der Waals surface area contributed by atoms with E-state index in [0.717, 1.165) is 6.07 Å². The van der Waals surface area contributed by atoms with Gasteiger partial charge in [0.2, 0.25) is 5.88 Å². The van der Waals surface area contributed by atoms with Gasteiger partial charge in [-0.2, -0.15) is 21.6 Å². The van der Waals surface area contributed by atoms with Crippen molar-refractivity contribution in [2.75, 3.05) is 0 Å². The van der Waals surface area contributed by atoms with Crippen LogP contribution in [-0.2, 0) is 10.1 Å². The first-order valence-electron chi connectivity index (χ1n) is 7.40. The number of rotatable bonds is 4. The molecule has 0 bridgehead atoms. The van der Waals surface area contributed by atoms with Crippen LogP contribution in [0.15, 0.2) is 72.8 Å². The molecule has 1 aromatic heterocycles. The molecule has 0 spiro atoms. The minimum absolute atomic E-state index is 0.291. The van der Waals surface area contributed by atoms with E-state index in [1.165, 1.54) is 0 Å². The maximum atomic E-state index is 12.6. The van der Waals surface area contributed by atoms with Crippen LogP contribution in [0.4, 0.5) is 13.2 Å². The van der Waals surface area contributed by atoms with Crippen molar-refractivity contribution in [1.82, 2.24) is 4.98 Å². The summed E-state index contributed by atoms with van der Waals surface area (Å²) < 4.78 is 64.8. The molecular formula is C18H12F3NO3S. The first-order chi connectivity index (χ1) is 12.3. The first-order valence-corrected chi connectivity index (χ1v) is 8.81. The molecule has 2 aromatic carbocycles. The van der Waals surface area contributed by atoms with Crippen molar-refractivity contribution in [3.8, 4) is 28.3 Å². The van der Waals surface area contributed by atoms with Crippen LogP contribution in [-0.4, -0.2) is 18.9 Å². The van der Waals surface area contributed by atoms with Gasteiger partial charge in [0, 0.05) is 11.6 Å². The average molecular weight is 379 g/mol. The summed E-state index contributed by atoms with van der Waals surface area (Å²) in [6, 6.07) is 20.2. The number of benzene rings is 2. The van der Waals surface area contributed by atoms with Crippen molar-refractivity contribution in [1.29, 1.82) is 0 Å². The second kappa shape index (κ2) is 6.80. The standard InChI is InChI=1S/C18H12F3NO3S/c19-18(20,21)26(23,24)25-17-12-15(13-7-3-1-4-8-13)11-16(22-17)14-9-5-2-6-10-14/h1-12H. The summed E-state index contributed by atoms with van der Waals surface area (Å²) >= 11 is 0. The van der Waals surface area contributed by atoms with E-state index in [1.807, 2.05) is 0 Å². The molecule has 4 nitrogen and oxygen atoms in total. The van der Waals surface area contributed by atoms with Crippen molar-refractivity contribution in [2.45, 2.75) is 5.51 Å². The van der Waals surface area contributed by atoms with Gasteiger partial charge in [-0.3, -0.25) is 0 Å². The summed E-state index contributed by atoms with van der Waals surface area (Å²) in [7, 11) is -5.81. The van der Waals surface area contributed by atoms with E-state index in [0.29, 0.717) is 22.4 Å². The number of halogens is 3. The molecule has 0 fully saturated rings. The summed E-state index contributed by atoms with van der Waals surface area (Å²) in [5.74, 6) is -0.650. The zero-order valence-corrected chi connectivity index (χ0v) is 14.0. The lowest BCUT2D eigenvalue weighted by atomic mass is 10.0. The Kier molecular flexibility index (Phi) is 4.69. The fourth-order valence-corrected chi connectivity index (χ4v) is 2.67. The molecule has 0 saturated carbocycles. The molecule has 0 amide bonds. The highest BCUT2D eigenvalue weighted by Crippen LogP contribution is 2.31. The molecule has 0 saturated heterocycles. The van der Waals surface area contributed by atoms with Crippen molar-refractivity contribution in [3.05, 3.63) is 72.8 Å². The summed E-state index contributed by atoms with van der Waals surface area (Å²) in [4.78, 5) is 3.93. The van der Waals surface area contributed by atoms with Crippen LogP contribution in [0.2, 0.25) is 0 Å². The maximum Gasteiger partial charge on any atom is 0.534 e. The third kappa shape index (κ3) is 3.85. The van der Waals surface area contributed by atoms with Crippen molar-refractivity contribution >= 4 is 10.1 Å². The topological polar surface area (TPSA) is 56.3 Å². The first kappa shape index (κ1) is 17.9. The lowest BCUT2D eigenvalue weighted by Gasteiger charge is -2.12. The summed E-state index contributed by atoms with van der Waals surface area (Å²) in [5.41, 5.74) is -3.48. The third-order valence-electron chi connectivity index (χ3n) is 3.46. The molecule has 134 valence electrons. The molecule has 3 rings (SSSR count). The van der Waals surface area contributed by atoms with Gasteiger partial charge in [0.25, 0.3) is 0 Å². The van der Waals surface area contributed by atoms with Gasteiger partial charge < -0.3 is 4.18 Å². The summed E-state index contributed by atoms with van der Waals surface area (Å²) in [6.45, 7) is 0. The van der Waals surface area contributed by atoms with E-state index in [-0.39, 0.29) is 0 Å². The zero-order chi connectivity index (χ0) is 18.8. The third-order valence-corrected chi connectivity index (χ3v) is 4.41. The van der Waals surface area contributed by atoms with Gasteiger partial charge in [0.05, 0.1) is 5.69 Å². The number of alkyl halides is 3. The fraction of sp³-hybridized carbons (Fsp3) is 0.0556. The highest BCUT2D eigenvalue weighted by Gasteiger charge is 2.48. The summed E-state index contributed by atoms with van der Waals surface area (Å²) in [6.07, 6.45) is 0. The van der Waals surface area contributed by atoms with E-state index in [9.17, 15) is 21.6 Å². The molecule has 3 aromatic rings. The van der Waals surface area contributed by atoms with Crippen LogP contribution in [0.5, 0.6) is 5.88 Å². The second-order valence-corrected chi connectivity index (χ2v) is 6.83. The van der Waals surface area contributed by atoms with Crippen LogP contribution >= 0.6 is 0 Å². The molecule has 0 atom stereocenters. The van der Waals surface area contributed by atoms with E-state index in [2.05, 4.69) is 9.17 Å². The molecule has 0 unspecified atom stereocenters. The number of hydrogen-bond acceptors (Lipinski definition) is 4. The Morgan fingerprint density at radius 3 is 1.85 bits per heavy atom. The van der Waals surface area contributed by atoms with E-state index in [1.54, 1.807) is 66.7 Å². The Morgan fingerprint density at radius 2 is 1.31 bits per heavy atom. The van der Waals surface area contributed by atoms with Gasteiger partial charge in [-0.25, -0.2) is 4.98 Å². The molecule has 26 heavy (non-hydrogen) atoms. The molecule has 0 aliphatic carbocycles. The number of hydrogen-bond donors (Lipinski definition) is 0. The Labute approximate surface area is 148 Å². The van der Waals surface area contributed by atoms with E-state index >= 15 is 0 Å². The van der Waals surface area contributed by atoms with Crippen LogP contribution in [0.25, 0.3) is 22.4 Å². The van der Waals surface area contributed by atoms with E-state index < -0.39 is 21.5 Å². The quantitative estimate of drug-likeness (QED) is 0.489. The van der Waals surface area contributed by atoms with Gasteiger partial charge in [0.1, 0.15) is 0 Å². The SMILES string of the molecule is O=S(=O)(Oc1cc(-c2ccccc2)cc(-c2ccccc2)n1)C(F)(F)F.